The maximum atomic E-state index is 11.6. The number of carboxylic acids is 1. The maximum absolute atomic E-state index is 11.6. The van der Waals surface area contributed by atoms with Gasteiger partial charge in [0.05, 0.1) is 6.42 Å². The van der Waals surface area contributed by atoms with Gasteiger partial charge in [-0.2, -0.15) is 0 Å². The van der Waals surface area contributed by atoms with E-state index in [-0.39, 0.29) is 18.5 Å². The van der Waals surface area contributed by atoms with Gasteiger partial charge in [-0.1, -0.05) is 12.1 Å². The van der Waals surface area contributed by atoms with Crippen LogP contribution in [0.2, 0.25) is 0 Å². The second-order valence-corrected chi connectivity index (χ2v) is 4.18. The monoisotopic (exact) mass is 260 g/mol. The third-order valence-electron chi connectivity index (χ3n) is 2.37. The number of carboxylic acid groups (broad SMARTS) is 1. The average molecular weight is 260 g/mol. The second-order valence-electron chi connectivity index (χ2n) is 4.18. The van der Waals surface area contributed by atoms with E-state index in [2.05, 4.69) is 16.6 Å². The Hall–Kier alpha value is -2.48. The van der Waals surface area contributed by atoms with Crippen molar-refractivity contribution in [3.8, 4) is 12.3 Å². The van der Waals surface area contributed by atoms with Gasteiger partial charge in [-0.15, -0.1) is 12.3 Å². The van der Waals surface area contributed by atoms with Gasteiger partial charge in [-0.3, -0.25) is 4.79 Å². The summed E-state index contributed by atoms with van der Waals surface area (Å²) in [6.45, 7) is 1.81. The van der Waals surface area contributed by atoms with Crippen LogP contribution in [0.25, 0.3) is 0 Å². The molecule has 0 heterocycles. The minimum absolute atomic E-state index is 0.0360. The summed E-state index contributed by atoms with van der Waals surface area (Å²) in [5, 5.41) is 14.0. The van der Waals surface area contributed by atoms with Crippen LogP contribution in [0.5, 0.6) is 0 Å². The maximum Gasteiger partial charge on any atom is 0.319 e. The fraction of sp³-hybridized carbons (Fsp3) is 0.286. The van der Waals surface area contributed by atoms with Crippen LogP contribution in [0, 0.1) is 12.3 Å². The molecule has 1 aromatic rings. The first-order valence-corrected chi connectivity index (χ1v) is 5.83. The zero-order chi connectivity index (χ0) is 14.3. The molecule has 5 nitrogen and oxygen atoms in total. The van der Waals surface area contributed by atoms with Crippen LogP contribution in [-0.2, 0) is 11.2 Å². The molecule has 0 spiro atoms. The first kappa shape index (κ1) is 14.6. The van der Waals surface area contributed by atoms with Crippen molar-refractivity contribution in [2.45, 2.75) is 25.8 Å². The molecule has 0 radical (unpaired) electrons. The van der Waals surface area contributed by atoms with Crippen molar-refractivity contribution in [2.24, 2.45) is 0 Å². The van der Waals surface area contributed by atoms with Gasteiger partial charge in [-0.25, -0.2) is 4.79 Å². The predicted molar refractivity (Wildman–Crippen MR) is 72.8 cm³/mol. The van der Waals surface area contributed by atoms with Crippen molar-refractivity contribution in [3.05, 3.63) is 29.8 Å². The lowest BCUT2D eigenvalue weighted by Gasteiger charge is -2.12. The highest BCUT2D eigenvalue weighted by molar-refractivity contribution is 5.89. The smallest absolute Gasteiger partial charge is 0.319 e. The molecular formula is C14H16N2O3. The number of anilines is 1. The highest BCUT2D eigenvalue weighted by atomic mass is 16.4. The third kappa shape index (κ3) is 5.59. The molecule has 0 aromatic heterocycles. The molecule has 3 N–H and O–H groups in total. The van der Waals surface area contributed by atoms with Crippen LogP contribution in [0.3, 0.4) is 0 Å². The first-order valence-electron chi connectivity index (χ1n) is 5.83. The van der Waals surface area contributed by atoms with Crippen LogP contribution < -0.4 is 10.6 Å². The molecule has 1 aromatic carbocycles. The molecule has 1 rings (SSSR count). The van der Waals surface area contributed by atoms with Crippen molar-refractivity contribution in [2.75, 3.05) is 5.32 Å². The molecule has 0 aliphatic heterocycles. The van der Waals surface area contributed by atoms with Gasteiger partial charge in [0.25, 0.3) is 0 Å². The third-order valence-corrected chi connectivity index (χ3v) is 2.37. The zero-order valence-electron chi connectivity index (χ0n) is 10.6. The molecule has 1 atom stereocenters. The van der Waals surface area contributed by atoms with Crippen LogP contribution in [-0.4, -0.2) is 23.1 Å². The topological polar surface area (TPSA) is 78.4 Å². The Morgan fingerprint density at radius 2 is 2.00 bits per heavy atom. The lowest BCUT2D eigenvalue weighted by Crippen LogP contribution is -2.35. The van der Waals surface area contributed by atoms with Crippen LogP contribution in [0.15, 0.2) is 24.3 Å². The highest BCUT2D eigenvalue weighted by Gasteiger charge is 2.06. The number of hydrogen-bond acceptors (Lipinski definition) is 2. The van der Waals surface area contributed by atoms with E-state index in [1.54, 1.807) is 24.3 Å². The number of amides is 2. The molecule has 0 aliphatic carbocycles. The Labute approximate surface area is 112 Å². The molecule has 0 saturated carbocycles. The number of hydrogen-bond donors (Lipinski definition) is 3. The normalized spacial score (nSPS) is 11.2. The van der Waals surface area contributed by atoms with Crippen molar-refractivity contribution in [3.63, 3.8) is 0 Å². The second kappa shape index (κ2) is 7.07. The molecule has 1 unspecified atom stereocenters. The van der Waals surface area contributed by atoms with Crippen LogP contribution in [0.1, 0.15) is 18.9 Å². The standard InChI is InChI=1S/C14H16N2O3/c1-3-4-10(2)15-14(19)16-12-7-5-11(6-8-12)9-13(17)18/h1,5-8,10H,4,9H2,2H3,(H,17,18)(H2,15,16,19). The van der Waals surface area contributed by atoms with Crippen molar-refractivity contribution >= 4 is 17.7 Å². The molecule has 0 fully saturated rings. The van der Waals surface area contributed by atoms with Gasteiger partial charge in [0.2, 0.25) is 0 Å². The number of aliphatic carboxylic acids is 1. The number of nitrogens with one attached hydrogen (secondary N) is 2. The number of urea groups is 1. The SMILES string of the molecule is C#CCC(C)NC(=O)Nc1ccc(CC(=O)O)cc1. The highest BCUT2D eigenvalue weighted by Crippen LogP contribution is 2.10. The summed E-state index contributed by atoms with van der Waals surface area (Å²) in [6.07, 6.45) is 5.57. The Morgan fingerprint density at radius 3 is 2.53 bits per heavy atom. The number of terminal acetylenes is 1. The fourth-order valence-corrected chi connectivity index (χ4v) is 1.50. The van der Waals surface area contributed by atoms with E-state index in [4.69, 9.17) is 11.5 Å². The summed E-state index contributed by atoms with van der Waals surface area (Å²) in [7, 11) is 0. The molecule has 0 bridgehead atoms. The van der Waals surface area contributed by atoms with Gasteiger partial charge < -0.3 is 15.7 Å². The number of benzene rings is 1. The van der Waals surface area contributed by atoms with Gasteiger partial charge in [0.1, 0.15) is 0 Å². The predicted octanol–water partition coefficient (Wildman–Crippen LogP) is 1.85. The molecule has 0 saturated heterocycles. The van der Waals surface area contributed by atoms with E-state index in [1.165, 1.54) is 0 Å². The molecule has 19 heavy (non-hydrogen) atoms. The van der Waals surface area contributed by atoms with Gasteiger partial charge >= 0.3 is 12.0 Å². The Bertz CT molecular complexity index is 488. The molecular weight excluding hydrogens is 244 g/mol. The number of rotatable bonds is 5. The van der Waals surface area contributed by atoms with E-state index in [0.29, 0.717) is 17.7 Å². The van der Waals surface area contributed by atoms with Gasteiger partial charge in [0.15, 0.2) is 0 Å². The number of carbonyl (C=O) groups is 2. The van der Waals surface area contributed by atoms with Crippen molar-refractivity contribution in [1.29, 1.82) is 0 Å². The van der Waals surface area contributed by atoms with Gasteiger partial charge in [-0.05, 0) is 24.6 Å². The van der Waals surface area contributed by atoms with Crippen molar-refractivity contribution in [1.82, 2.24) is 5.32 Å². The van der Waals surface area contributed by atoms with E-state index in [0.717, 1.165) is 0 Å². The van der Waals surface area contributed by atoms with E-state index in [9.17, 15) is 9.59 Å². The summed E-state index contributed by atoms with van der Waals surface area (Å²) in [5.41, 5.74) is 1.28. The average Bonchev–Trinajstić information content (AvgIpc) is 2.31. The first-order chi connectivity index (χ1) is 9.01. The summed E-state index contributed by atoms with van der Waals surface area (Å²) in [4.78, 5) is 22.1. The lowest BCUT2D eigenvalue weighted by atomic mass is 10.1. The summed E-state index contributed by atoms with van der Waals surface area (Å²) in [5.74, 6) is 1.58. The summed E-state index contributed by atoms with van der Waals surface area (Å²) < 4.78 is 0. The minimum atomic E-state index is -0.887. The van der Waals surface area contributed by atoms with Gasteiger partial charge in [0, 0.05) is 18.2 Å². The van der Waals surface area contributed by atoms with E-state index < -0.39 is 5.97 Å². The molecule has 0 aliphatic rings. The summed E-state index contributed by atoms with van der Waals surface area (Å²) >= 11 is 0. The van der Waals surface area contributed by atoms with E-state index >= 15 is 0 Å². The largest absolute Gasteiger partial charge is 0.481 e. The minimum Gasteiger partial charge on any atom is -0.481 e. The zero-order valence-corrected chi connectivity index (χ0v) is 10.6. The molecule has 2 amide bonds. The molecule has 100 valence electrons. The van der Waals surface area contributed by atoms with Crippen LogP contribution in [0.4, 0.5) is 10.5 Å². The Balaban J connectivity index is 2.51. The van der Waals surface area contributed by atoms with E-state index in [1.807, 2.05) is 6.92 Å². The van der Waals surface area contributed by atoms with Crippen LogP contribution >= 0.6 is 0 Å². The number of carbonyl (C=O) groups excluding carboxylic acids is 1. The van der Waals surface area contributed by atoms with Crippen molar-refractivity contribution < 1.29 is 14.7 Å². The lowest BCUT2D eigenvalue weighted by molar-refractivity contribution is -0.136. The quantitative estimate of drug-likeness (QED) is 0.707. The fourth-order valence-electron chi connectivity index (χ4n) is 1.50. The summed E-state index contributed by atoms with van der Waals surface area (Å²) in [6, 6.07) is 6.20. The Morgan fingerprint density at radius 1 is 1.37 bits per heavy atom. The Kier molecular flexibility index (Phi) is 5.42. The molecule has 5 heteroatoms.